The third kappa shape index (κ3) is 5.53. The van der Waals surface area contributed by atoms with Gasteiger partial charge in [0, 0.05) is 44.0 Å². The summed E-state index contributed by atoms with van der Waals surface area (Å²) in [5.74, 6) is 4.74. The number of fused-ring (bicyclic) bond motifs is 1. The van der Waals surface area contributed by atoms with Gasteiger partial charge in [-0.15, -0.1) is 0 Å². The standard InChI is InChI=1S/C25H26FN5O4/c1-35-21-9-5-18-14-31(24(33)22(18)23(21)26)15-19(29-25(34)28-16-32)6-2-17-3-7-20(8-4-17)30-12-10-27-11-13-30/h3-5,7-9,16,19,27H,10-15H2,1H3,(H2,28,29,32,34)/t19-/m1/s1. The van der Waals surface area contributed by atoms with Gasteiger partial charge in [-0.2, -0.15) is 0 Å². The summed E-state index contributed by atoms with van der Waals surface area (Å²) in [5, 5.41) is 7.91. The maximum atomic E-state index is 14.7. The van der Waals surface area contributed by atoms with Crippen LogP contribution >= 0.6 is 0 Å². The number of nitrogens with one attached hydrogen (secondary N) is 3. The summed E-state index contributed by atoms with van der Waals surface area (Å²) in [6.45, 7) is 3.92. The van der Waals surface area contributed by atoms with Crippen LogP contribution in [-0.4, -0.2) is 69.1 Å². The summed E-state index contributed by atoms with van der Waals surface area (Å²) >= 11 is 0. The maximum absolute atomic E-state index is 14.7. The van der Waals surface area contributed by atoms with Gasteiger partial charge < -0.3 is 25.2 Å². The monoisotopic (exact) mass is 479 g/mol. The van der Waals surface area contributed by atoms with Crippen LogP contribution in [0.25, 0.3) is 0 Å². The first-order valence-corrected chi connectivity index (χ1v) is 11.2. The summed E-state index contributed by atoms with van der Waals surface area (Å²) in [7, 11) is 1.33. The Morgan fingerprint density at radius 3 is 2.66 bits per heavy atom. The predicted molar refractivity (Wildman–Crippen MR) is 128 cm³/mol. The van der Waals surface area contributed by atoms with Gasteiger partial charge in [-0.3, -0.25) is 14.9 Å². The number of urea groups is 1. The number of halogens is 1. The number of nitrogens with zero attached hydrogens (tertiary/aromatic N) is 2. The molecule has 2 aliphatic rings. The van der Waals surface area contributed by atoms with Gasteiger partial charge in [-0.05, 0) is 35.9 Å². The molecule has 0 aliphatic carbocycles. The van der Waals surface area contributed by atoms with Crippen molar-refractivity contribution in [2.45, 2.75) is 12.6 Å². The first-order valence-electron chi connectivity index (χ1n) is 11.2. The number of amides is 4. The number of ether oxygens (including phenoxy) is 1. The lowest BCUT2D eigenvalue weighted by Crippen LogP contribution is -2.46. The van der Waals surface area contributed by atoms with Gasteiger partial charge in [0.25, 0.3) is 5.91 Å². The number of methoxy groups -OCH3 is 1. The smallest absolute Gasteiger partial charge is 0.322 e. The largest absolute Gasteiger partial charge is 0.494 e. The van der Waals surface area contributed by atoms with Crippen LogP contribution in [0.5, 0.6) is 5.75 Å². The molecule has 1 atom stereocenters. The van der Waals surface area contributed by atoms with Gasteiger partial charge in [-0.25, -0.2) is 9.18 Å². The van der Waals surface area contributed by atoms with E-state index in [0.717, 1.165) is 37.4 Å². The van der Waals surface area contributed by atoms with Crippen LogP contribution in [0.15, 0.2) is 36.4 Å². The molecule has 2 aromatic carbocycles. The SMILES string of the molecule is COc1ccc2c(c1F)C(=O)N(C[C@@H](C#Cc1ccc(N3CCNCC3)cc1)NC(=O)NC=O)C2. The van der Waals surface area contributed by atoms with Gasteiger partial charge in [0.2, 0.25) is 6.41 Å². The molecule has 2 heterocycles. The Bertz CT molecular complexity index is 1170. The van der Waals surface area contributed by atoms with Crippen LogP contribution in [-0.2, 0) is 11.3 Å². The van der Waals surface area contributed by atoms with Gasteiger partial charge >= 0.3 is 6.03 Å². The minimum absolute atomic E-state index is 0.00735. The second-order valence-corrected chi connectivity index (χ2v) is 8.14. The zero-order chi connectivity index (χ0) is 24.8. The molecule has 0 aromatic heterocycles. The highest BCUT2D eigenvalue weighted by molar-refractivity contribution is 5.99. The van der Waals surface area contributed by atoms with Crippen molar-refractivity contribution in [3.63, 3.8) is 0 Å². The van der Waals surface area contributed by atoms with E-state index in [1.165, 1.54) is 18.1 Å². The third-order valence-corrected chi connectivity index (χ3v) is 5.91. The topological polar surface area (TPSA) is 103 Å². The molecule has 4 rings (SSSR count). The molecule has 1 saturated heterocycles. The lowest BCUT2D eigenvalue weighted by Gasteiger charge is -2.29. The number of carbonyl (C=O) groups is 3. The van der Waals surface area contributed by atoms with Crippen LogP contribution in [0, 0.1) is 17.7 Å². The molecule has 3 N–H and O–H groups in total. The van der Waals surface area contributed by atoms with E-state index in [1.54, 1.807) is 6.07 Å². The van der Waals surface area contributed by atoms with Crippen molar-refractivity contribution in [2.75, 3.05) is 44.7 Å². The third-order valence-electron chi connectivity index (χ3n) is 5.91. The molecule has 0 unspecified atom stereocenters. The Balaban J connectivity index is 1.50. The number of rotatable bonds is 6. The van der Waals surface area contributed by atoms with Crippen LogP contribution in [0.1, 0.15) is 21.5 Å². The van der Waals surface area contributed by atoms with Crippen molar-refractivity contribution >= 4 is 24.0 Å². The summed E-state index contributed by atoms with van der Waals surface area (Å²) < 4.78 is 19.6. The lowest BCUT2D eigenvalue weighted by molar-refractivity contribution is -0.108. The number of hydrogen-bond acceptors (Lipinski definition) is 6. The number of carbonyl (C=O) groups excluding carboxylic acids is 3. The van der Waals surface area contributed by atoms with E-state index < -0.39 is 23.8 Å². The fourth-order valence-corrected chi connectivity index (χ4v) is 4.15. The van der Waals surface area contributed by atoms with E-state index in [9.17, 15) is 18.8 Å². The molecule has 2 aromatic rings. The molecule has 0 radical (unpaired) electrons. The van der Waals surface area contributed by atoms with Crippen LogP contribution in [0.3, 0.4) is 0 Å². The van der Waals surface area contributed by atoms with Crippen molar-refractivity contribution in [3.8, 4) is 17.6 Å². The van der Waals surface area contributed by atoms with Gasteiger partial charge in [-0.1, -0.05) is 17.9 Å². The first kappa shape index (κ1) is 24.0. The number of hydrogen-bond donors (Lipinski definition) is 3. The lowest BCUT2D eigenvalue weighted by atomic mass is 10.1. The van der Waals surface area contributed by atoms with E-state index in [2.05, 4.69) is 27.4 Å². The number of piperazine rings is 1. The number of benzene rings is 2. The van der Waals surface area contributed by atoms with E-state index in [4.69, 9.17) is 4.74 Å². The molecule has 0 spiro atoms. The normalized spacial score (nSPS) is 15.5. The van der Waals surface area contributed by atoms with Crippen molar-refractivity contribution in [1.82, 2.24) is 20.9 Å². The van der Waals surface area contributed by atoms with Crippen molar-refractivity contribution in [3.05, 3.63) is 58.9 Å². The first-order chi connectivity index (χ1) is 17.0. The molecule has 0 bridgehead atoms. The minimum Gasteiger partial charge on any atom is -0.494 e. The molecule has 1 fully saturated rings. The second-order valence-electron chi connectivity index (χ2n) is 8.14. The van der Waals surface area contributed by atoms with Crippen LogP contribution in [0.2, 0.25) is 0 Å². The van der Waals surface area contributed by atoms with E-state index in [0.29, 0.717) is 5.56 Å². The summed E-state index contributed by atoms with van der Waals surface area (Å²) in [6.07, 6.45) is 0.257. The van der Waals surface area contributed by atoms with Crippen molar-refractivity contribution in [2.24, 2.45) is 0 Å². The number of anilines is 1. The molecule has 9 nitrogen and oxygen atoms in total. The molecule has 2 aliphatic heterocycles. The second kappa shape index (κ2) is 10.9. The molecular formula is C25H26FN5O4. The Labute approximate surface area is 202 Å². The molecule has 182 valence electrons. The zero-order valence-electron chi connectivity index (χ0n) is 19.3. The predicted octanol–water partition coefficient (Wildman–Crippen LogP) is 1.08. The average Bonchev–Trinajstić information content (AvgIpc) is 3.19. The van der Waals surface area contributed by atoms with Crippen molar-refractivity contribution < 1.29 is 23.5 Å². The fourth-order valence-electron chi connectivity index (χ4n) is 4.15. The van der Waals surface area contributed by atoms with Crippen LogP contribution in [0.4, 0.5) is 14.9 Å². The van der Waals surface area contributed by atoms with Crippen molar-refractivity contribution in [1.29, 1.82) is 0 Å². The van der Waals surface area contributed by atoms with Gasteiger partial charge in [0.1, 0.15) is 6.04 Å². The zero-order valence-corrected chi connectivity index (χ0v) is 19.3. The molecule has 0 saturated carbocycles. The van der Waals surface area contributed by atoms with Gasteiger partial charge in [0.15, 0.2) is 11.6 Å². The quantitative estimate of drug-likeness (QED) is 0.423. The highest BCUT2D eigenvalue weighted by atomic mass is 19.1. The van der Waals surface area contributed by atoms with E-state index in [1.807, 2.05) is 29.6 Å². The van der Waals surface area contributed by atoms with E-state index in [-0.39, 0.29) is 30.8 Å². The average molecular weight is 480 g/mol. The number of imide groups is 1. The van der Waals surface area contributed by atoms with E-state index >= 15 is 0 Å². The molecule has 10 heteroatoms. The Morgan fingerprint density at radius 2 is 1.97 bits per heavy atom. The van der Waals surface area contributed by atoms with Crippen LogP contribution < -0.4 is 25.6 Å². The minimum atomic E-state index is -0.800. The summed E-state index contributed by atoms with van der Waals surface area (Å²) in [6, 6.07) is 9.35. The summed E-state index contributed by atoms with van der Waals surface area (Å²) in [4.78, 5) is 39.2. The Hall–Kier alpha value is -4.10. The van der Waals surface area contributed by atoms with Gasteiger partial charge in [0.05, 0.1) is 19.2 Å². The highest BCUT2D eigenvalue weighted by Crippen LogP contribution is 2.30. The maximum Gasteiger partial charge on any atom is 0.322 e. The molecule has 4 amide bonds. The fraction of sp³-hybridized carbons (Fsp3) is 0.320. The molecule has 35 heavy (non-hydrogen) atoms. The Kier molecular flexibility index (Phi) is 7.48. The highest BCUT2D eigenvalue weighted by Gasteiger charge is 2.33. The molecular weight excluding hydrogens is 453 g/mol. The summed E-state index contributed by atoms with van der Waals surface area (Å²) in [5.41, 5.74) is 2.33. The Morgan fingerprint density at radius 1 is 1.23 bits per heavy atom.